The smallest absolute Gasteiger partial charge is 0.381 e. The molecule has 2 rings (SSSR count). The highest BCUT2D eigenvalue weighted by Crippen LogP contribution is 2.62. The lowest BCUT2D eigenvalue weighted by molar-refractivity contribution is -0.344. The summed E-state index contributed by atoms with van der Waals surface area (Å²) in [6, 6.07) is 0. The normalized spacial score (nSPS) is 30.6. The molecule has 2 bridgehead atoms. The Morgan fingerprint density at radius 3 is 1.94 bits per heavy atom. The Balaban J connectivity index is 2.26. The highest BCUT2D eigenvalue weighted by atomic mass is 19.4. The van der Waals surface area contributed by atoms with Gasteiger partial charge in [-0.15, -0.1) is 0 Å². The molecule has 0 aromatic heterocycles. The largest absolute Gasteiger partial charge is 0.464 e. The summed E-state index contributed by atoms with van der Waals surface area (Å²) >= 11 is 0. The molecule has 5 atom stereocenters. The topological polar surface area (TPSA) is 52.6 Å². The van der Waals surface area contributed by atoms with Crippen LogP contribution in [0.4, 0.5) is 35.1 Å². The van der Waals surface area contributed by atoms with Gasteiger partial charge in [0.25, 0.3) is 0 Å². The van der Waals surface area contributed by atoms with Gasteiger partial charge in [0.1, 0.15) is 12.0 Å². The minimum Gasteiger partial charge on any atom is -0.464 e. The van der Waals surface area contributed by atoms with Crippen molar-refractivity contribution < 1.29 is 54.2 Å². The van der Waals surface area contributed by atoms with Gasteiger partial charge in [0.15, 0.2) is 6.61 Å². The third-order valence-corrected chi connectivity index (χ3v) is 7.12. The number of hydrogen-bond donors (Lipinski definition) is 0. The summed E-state index contributed by atoms with van der Waals surface area (Å²) in [4.78, 5) is 25.1. The van der Waals surface area contributed by atoms with Crippen LogP contribution in [0.2, 0.25) is 0 Å². The summed E-state index contributed by atoms with van der Waals surface area (Å²) in [7, 11) is 0. The quantitative estimate of drug-likeness (QED) is 0.325. The first kappa shape index (κ1) is 27.6. The minimum atomic E-state index is -6.48. The number of alkyl halides is 8. The maximum Gasteiger partial charge on any atom is 0.381 e. The van der Waals surface area contributed by atoms with E-state index in [0.29, 0.717) is 6.42 Å². The van der Waals surface area contributed by atoms with Crippen molar-refractivity contribution in [2.24, 2.45) is 34.5 Å². The van der Waals surface area contributed by atoms with Crippen molar-refractivity contribution in [2.45, 2.75) is 71.7 Å². The number of fused-ring (bicyclic) bond motifs is 2. The van der Waals surface area contributed by atoms with Crippen molar-refractivity contribution in [3.63, 3.8) is 0 Å². The van der Waals surface area contributed by atoms with Crippen molar-refractivity contribution in [1.29, 1.82) is 0 Å². The van der Waals surface area contributed by atoms with Gasteiger partial charge in [-0.05, 0) is 57.3 Å². The first-order chi connectivity index (χ1) is 14.7. The molecule has 2 saturated carbocycles. The molecule has 0 radical (unpaired) electrons. The highest BCUT2D eigenvalue weighted by molar-refractivity contribution is 5.80. The van der Waals surface area contributed by atoms with Crippen LogP contribution in [0.15, 0.2) is 0 Å². The fraction of sp³-hybridized carbons (Fsp3) is 0.905. The van der Waals surface area contributed by atoms with E-state index in [1.807, 2.05) is 6.92 Å². The monoisotopic (exact) mass is 496 g/mol. The minimum absolute atomic E-state index is 0.0593. The Labute approximate surface area is 186 Å². The van der Waals surface area contributed by atoms with E-state index < -0.39 is 66.1 Å². The molecule has 0 aliphatic heterocycles. The van der Waals surface area contributed by atoms with Gasteiger partial charge in [-0.2, -0.15) is 26.3 Å². The molecule has 2 fully saturated rings. The van der Waals surface area contributed by atoms with Crippen molar-refractivity contribution in [2.75, 3.05) is 13.2 Å². The van der Waals surface area contributed by atoms with Gasteiger partial charge in [-0.1, -0.05) is 13.8 Å². The van der Waals surface area contributed by atoms with E-state index in [4.69, 9.17) is 4.74 Å². The van der Waals surface area contributed by atoms with Gasteiger partial charge < -0.3 is 9.47 Å². The predicted octanol–water partition coefficient (Wildman–Crippen LogP) is 5.59. The molecular weight excluding hydrogens is 468 g/mol. The summed E-state index contributed by atoms with van der Waals surface area (Å²) in [5.41, 5.74) is -2.59. The number of ether oxygens (including phenoxy) is 2. The van der Waals surface area contributed by atoms with E-state index in [1.54, 1.807) is 6.92 Å². The van der Waals surface area contributed by atoms with Gasteiger partial charge in [-0.3, -0.25) is 9.59 Å². The summed E-state index contributed by atoms with van der Waals surface area (Å²) in [5, 5.41) is 0. The van der Waals surface area contributed by atoms with E-state index in [9.17, 15) is 44.7 Å². The molecule has 2 aliphatic rings. The van der Waals surface area contributed by atoms with Crippen molar-refractivity contribution in [3.05, 3.63) is 0 Å². The second-order valence-electron chi connectivity index (χ2n) is 10.3. The zero-order chi connectivity index (χ0) is 25.8. The maximum atomic E-state index is 13.9. The lowest BCUT2D eigenvalue weighted by Crippen LogP contribution is -2.59. The van der Waals surface area contributed by atoms with Crippen LogP contribution < -0.4 is 0 Å². The molecule has 0 saturated heterocycles. The third kappa shape index (κ3) is 4.54. The average Bonchev–Trinajstić information content (AvgIpc) is 3.20. The van der Waals surface area contributed by atoms with Crippen LogP contribution in [0.3, 0.4) is 0 Å². The van der Waals surface area contributed by atoms with Crippen LogP contribution in [0, 0.1) is 34.5 Å². The first-order valence-electron chi connectivity index (χ1n) is 10.5. The Morgan fingerprint density at radius 2 is 1.52 bits per heavy atom. The fourth-order valence-corrected chi connectivity index (χ4v) is 4.81. The highest BCUT2D eigenvalue weighted by Gasteiger charge is 2.76. The van der Waals surface area contributed by atoms with Crippen LogP contribution >= 0.6 is 0 Å². The number of rotatable bonds is 8. The maximum absolute atomic E-state index is 13.9. The average molecular weight is 496 g/mol. The number of carbonyl (C=O) groups is 2. The van der Waals surface area contributed by atoms with Crippen LogP contribution in [0.5, 0.6) is 0 Å². The predicted molar refractivity (Wildman–Crippen MR) is 99.2 cm³/mol. The number of carbonyl (C=O) groups excluding carboxylic acids is 2. The Kier molecular flexibility index (Phi) is 7.16. The zero-order valence-corrected chi connectivity index (χ0v) is 18.9. The Morgan fingerprint density at radius 1 is 0.970 bits per heavy atom. The first-order valence-corrected chi connectivity index (χ1v) is 10.5. The molecule has 0 aromatic rings. The molecule has 0 aromatic carbocycles. The Hall–Kier alpha value is -1.62. The van der Waals surface area contributed by atoms with Crippen LogP contribution in [0.1, 0.15) is 47.5 Å². The van der Waals surface area contributed by atoms with E-state index >= 15 is 0 Å². The SMILES string of the molecule is CC1C2CC(C1C)C(COC(=O)C(C)(C)C)(C(=O)OCC(F)(F)C(F)(F)C(F)(F)C(F)F)C2. The summed E-state index contributed by atoms with van der Waals surface area (Å²) in [5.74, 6) is -21.2. The zero-order valence-electron chi connectivity index (χ0n) is 18.9. The van der Waals surface area contributed by atoms with Gasteiger partial charge in [0, 0.05) is 0 Å². The van der Waals surface area contributed by atoms with Crippen molar-refractivity contribution in [1.82, 2.24) is 0 Å². The third-order valence-electron chi connectivity index (χ3n) is 7.12. The van der Waals surface area contributed by atoms with E-state index in [0.717, 1.165) is 0 Å². The van der Waals surface area contributed by atoms with Gasteiger partial charge in [0.05, 0.1) is 5.41 Å². The van der Waals surface area contributed by atoms with Crippen LogP contribution in [-0.4, -0.2) is 49.3 Å². The van der Waals surface area contributed by atoms with Crippen molar-refractivity contribution in [3.8, 4) is 0 Å². The Bertz CT molecular complexity index is 762. The van der Waals surface area contributed by atoms with Gasteiger partial charge in [0.2, 0.25) is 0 Å². The molecule has 4 nitrogen and oxygen atoms in total. The van der Waals surface area contributed by atoms with Gasteiger partial charge >= 0.3 is 36.1 Å². The number of halogens is 8. The second kappa shape index (κ2) is 8.55. The summed E-state index contributed by atoms with van der Waals surface area (Å²) < 4.78 is 115. The molecular formula is C21H28F8O4. The molecule has 33 heavy (non-hydrogen) atoms. The number of hydrogen-bond acceptors (Lipinski definition) is 4. The molecule has 192 valence electrons. The molecule has 0 N–H and O–H groups in total. The molecule has 12 heteroatoms. The fourth-order valence-electron chi connectivity index (χ4n) is 4.81. The number of esters is 2. The van der Waals surface area contributed by atoms with Crippen molar-refractivity contribution >= 4 is 11.9 Å². The second-order valence-corrected chi connectivity index (χ2v) is 10.3. The summed E-state index contributed by atoms with van der Waals surface area (Å²) in [6.45, 7) is 5.25. The van der Waals surface area contributed by atoms with E-state index in [2.05, 4.69) is 4.74 Å². The lowest BCUT2D eigenvalue weighted by Gasteiger charge is -2.41. The lowest BCUT2D eigenvalue weighted by atomic mass is 9.66. The van der Waals surface area contributed by atoms with E-state index in [1.165, 1.54) is 20.8 Å². The van der Waals surface area contributed by atoms with Gasteiger partial charge in [-0.25, -0.2) is 8.78 Å². The molecule has 0 spiro atoms. The summed E-state index contributed by atoms with van der Waals surface area (Å²) in [6.07, 6.45) is -4.53. The van der Waals surface area contributed by atoms with Crippen LogP contribution in [0.25, 0.3) is 0 Å². The molecule has 5 unspecified atom stereocenters. The van der Waals surface area contributed by atoms with Crippen LogP contribution in [-0.2, 0) is 19.1 Å². The standard InChI is InChI=1S/C21H28F8O4/c1-10-11(2)13-6-12(10)7-18(13,8-32-15(30)17(3,4)5)16(31)33-9-19(24,25)21(28,29)20(26,27)14(22)23/h10-14H,6-9H2,1-5H3. The molecule has 0 heterocycles. The van der Waals surface area contributed by atoms with E-state index in [-0.39, 0.29) is 24.2 Å². The molecule has 2 aliphatic carbocycles. The molecule has 0 amide bonds.